The van der Waals surface area contributed by atoms with Crippen LogP contribution in [-0.2, 0) is 19.6 Å². The molecule has 1 aliphatic rings. The Morgan fingerprint density at radius 2 is 1.72 bits per heavy atom. The summed E-state index contributed by atoms with van der Waals surface area (Å²) in [5, 5.41) is 0. The Kier molecular flexibility index (Phi) is 7.65. The van der Waals surface area contributed by atoms with Gasteiger partial charge in [0, 0.05) is 27.2 Å². The highest BCUT2D eigenvalue weighted by molar-refractivity contribution is 7.89. The maximum atomic E-state index is 12.5. The summed E-state index contributed by atoms with van der Waals surface area (Å²) in [5.74, 6) is -0.234. The fourth-order valence-electron chi connectivity index (χ4n) is 3.35. The van der Waals surface area contributed by atoms with Gasteiger partial charge in [0.2, 0.25) is 10.0 Å². The summed E-state index contributed by atoms with van der Waals surface area (Å²) in [6, 6.07) is 4.17. The van der Waals surface area contributed by atoms with Crippen molar-refractivity contribution < 1.29 is 27.5 Å². The van der Waals surface area contributed by atoms with Crippen LogP contribution in [0.3, 0.4) is 0 Å². The van der Waals surface area contributed by atoms with Crippen molar-refractivity contribution in [1.82, 2.24) is 9.21 Å². The molecule has 0 atom stereocenters. The van der Waals surface area contributed by atoms with Gasteiger partial charge in [-0.2, -0.15) is 0 Å². The number of carbonyl (C=O) groups is 2. The Morgan fingerprint density at radius 3 is 2.28 bits per heavy atom. The monoisotopic (exact) mass is 426 g/mol. The van der Waals surface area contributed by atoms with Gasteiger partial charge in [0.25, 0.3) is 5.91 Å². The van der Waals surface area contributed by atoms with Crippen LogP contribution in [0.15, 0.2) is 23.1 Å². The lowest BCUT2D eigenvalue weighted by molar-refractivity contribution is -0.136. The number of hydrogen-bond acceptors (Lipinski definition) is 6. The summed E-state index contributed by atoms with van der Waals surface area (Å²) in [7, 11) is 2.04. The Morgan fingerprint density at radius 1 is 1.10 bits per heavy atom. The van der Waals surface area contributed by atoms with E-state index in [4.69, 9.17) is 9.47 Å². The molecule has 1 aliphatic carbocycles. The second kappa shape index (κ2) is 9.58. The SMILES string of the molecule is COc1ccc(C(=O)OCC(=O)N(C)C2CCC(C)CC2)cc1S(=O)(=O)N(C)C. The van der Waals surface area contributed by atoms with Crippen molar-refractivity contribution in [1.29, 1.82) is 0 Å². The Hall–Kier alpha value is -2.13. The molecule has 2 rings (SSSR count). The lowest BCUT2D eigenvalue weighted by Crippen LogP contribution is -2.41. The third kappa shape index (κ3) is 5.48. The summed E-state index contributed by atoms with van der Waals surface area (Å²) in [5.41, 5.74) is 0.0353. The number of benzene rings is 1. The zero-order valence-electron chi connectivity index (χ0n) is 17.7. The molecule has 0 radical (unpaired) electrons. The number of carbonyl (C=O) groups excluding carboxylic acids is 2. The second-order valence-corrected chi connectivity index (χ2v) is 9.77. The second-order valence-electron chi connectivity index (χ2n) is 7.65. The number of hydrogen-bond donors (Lipinski definition) is 0. The summed E-state index contributed by atoms with van der Waals surface area (Å²) >= 11 is 0. The van der Waals surface area contributed by atoms with Gasteiger partial charge >= 0.3 is 5.97 Å². The summed E-state index contributed by atoms with van der Waals surface area (Å²) in [6.07, 6.45) is 4.05. The molecule has 0 saturated heterocycles. The zero-order chi connectivity index (χ0) is 21.8. The van der Waals surface area contributed by atoms with Gasteiger partial charge in [-0.15, -0.1) is 0 Å². The van der Waals surface area contributed by atoms with Crippen LogP contribution < -0.4 is 4.74 Å². The topological polar surface area (TPSA) is 93.2 Å². The molecule has 0 spiro atoms. The lowest BCUT2D eigenvalue weighted by Gasteiger charge is -2.33. The van der Waals surface area contributed by atoms with E-state index in [9.17, 15) is 18.0 Å². The molecule has 0 unspecified atom stereocenters. The molecular weight excluding hydrogens is 396 g/mol. The smallest absolute Gasteiger partial charge is 0.338 e. The standard InChI is InChI=1S/C20H30N2O6S/c1-14-6-9-16(10-7-14)22(4)19(23)13-28-20(24)15-8-11-17(27-5)18(12-15)29(25,26)21(2)3/h8,11-12,14,16H,6-7,9-10,13H2,1-5H3. The predicted octanol–water partition coefficient (Wildman–Crippen LogP) is 2.14. The van der Waals surface area contributed by atoms with Crippen molar-refractivity contribution in [3.8, 4) is 5.75 Å². The molecule has 1 aromatic rings. The van der Waals surface area contributed by atoms with Gasteiger partial charge < -0.3 is 14.4 Å². The quantitative estimate of drug-likeness (QED) is 0.620. The van der Waals surface area contributed by atoms with E-state index < -0.39 is 16.0 Å². The van der Waals surface area contributed by atoms with E-state index >= 15 is 0 Å². The van der Waals surface area contributed by atoms with E-state index in [1.165, 1.54) is 39.4 Å². The average molecular weight is 427 g/mol. The minimum Gasteiger partial charge on any atom is -0.495 e. The molecule has 9 heteroatoms. The van der Waals surface area contributed by atoms with Gasteiger partial charge in [0.15, 0.2) is 6.61 Å². The van der Waals surface area contributed by atoms with Crippen LogP contribution in [0.2, 0.25) is 0 Å². The maximum absolute atomic E-state index is 12.5. The highest BCUT2D eigenvalue weighted by Crippen LogP contribution is 2.28. The van der Waals surface area contributed by atoms with Crippen LogP contribution in [-0.4, -0.2) is 70.4 Å². The van der Waals surface area contributed by atoms with E-state index in [1.807, 2.05) is 0 Å². The maximum Gasteiger partial charge on any atom is 0.338 e. The first-order chi connectivity index (χ1) is 13.6. The molecule has 29 heavy (non-hydrogen) atoms. The van der Waals surface area contributed by atoms with Crippen molar-refractivity contribution in [2.24, 2.45) is 5.92 Å². The van der Waals surface area contributed by atoms with Crippen molar-refractivity contribution in [3.63, 3.8) is 0 Å². The van der Waals surface area contributed by atoms with Crippen LogP contribution in [0.5, 0.6) is 5.75 Å². The first kappa shape index (κ1) is 23.2. The number of amides is 1. The third-order valence-electron chi connectivity index (χ3n) is 5.41. The molecule has 162 valence electrons. The van der Waals surface area contributed by atoms with Gasteiger partial charge in [0.05, 0.1) is 12.7 Å². The molecule has 8 nitrogen and oxygen atoms in total. The fourth-order valence-corrected chi connectivity index (χ4v) is 4.42. The van der Waals surface area contributed by atoms with Crippen LogP contribution in [0.4, 0.5) is 0 Å². The van der Waals surface area contributed by atoms with Gasteiger partial charge in [0.1, 0.15) is 10.6 Å². The lowest BCUT2D eigenvalue weighted by atomic mass is 9.87. The first-order valence-electron chi connectivity index (χ1n) is 9.61. The summed E-state index contributed by atoms with van der Waals surface area (Å²) < 4.78 is 36.2. The number of sulfonamides is 1. The summed E-state index contributed by atoms with van der Waals surface area (Å²) in [4.78, 5) is 26.3. The Balaban J connectivity index is 2.06. The highest BCUT2D eigenvalue weighted by atomic mass is 32.2. The number of ether oxygens (including phenoxy) is 2. The molecule has 1 fully saturated rings. The molecule has 0 bridgehead atoms. The Labute approximate surface area is 172 Å². The third-order valence-corrected chi connectivity index (χ3v) is 7.25. The molecule has 1 saturated carbocycles. The van der Waals surface area contributed by atoms with E-state index in [1.54, 1.807) is 11.9 Å². The Bertz CT molecular complexity index is 845. The normalized spacial score (nSPS) is 19.7. The van der Waals surface area contributed by atoms with Crippen molar-refractivity contribution in [3.05, 3.63) is 23.8 Å². The summed E-state index contributed by atoms with van der Waals surface area (Å²) in [6.45, 7) is 1.82. The molecule has 0 heterocycles. The van der Waals surface area contributed by atoms with Crippen LogP contribution in [0.25, 0.3) is 0 Å². The average Bonchev–Trinajstić information content (AvgIpc) is 2.71. The number of methoxy groups -OCH3 is 1. The minimum absolute atomic E-state index is 0.0353. The van der Waals surface area contributed by atoms with Gasteiger partial charge in [-0.1, -0.05) is 6.92 Å². The molecule has 0 aliphatic heterocycles. The zero-order valence-corrected chi connectivity index (χ0v) is 18.5. The van der Waals surface area contributed by atoms with E-state index in [0.717, 1.165) is 30.0 Å². The largest absolute Gasteiger partial charge is 0.495 e. The first-order valence-corrected chi connectivity index (χ1v) is 11.0. The van der Waals surface area contributed by atoms with Crippen molar-refractivity contribution >= 4 is 21.9 Å². The van der Waals surface area contributed by atoms with E-state index in [0.29, 0.717) is 5.92 Å². The van der Waals surface area contributed by atoms with Crippen molar-refractivity contribution in [2.75, 3.05) is 34.9 Å². The van der Waals surface area contributed by atoms with Gasteiger partial charge in [-0.25, -0.2) is 17.5 Å². The van der Waals surface area contributed by atoms with E-state index in [2.05, 4.69) is 6.92 Å². The molecule has 0 N–H and O–H groups in total. The molecular formula is C20H30N2O6S. The van der Waals surface area contributed by atoms with Gasteiger partial charge in [-0.05, 0) is 49.8 Å². The van der Waals surface area contributed by atoms with Crippen LogP contribution in [0, 0.1) is 5.92 Å². The molecule has 1 aromatic carbocycles. The highest BCUT2D eigenvalue weighted by Gasteiger charge is 2.27. The van der Waals surface area contributed by atoms with E-state index in [-0.39, 0.29) is 34.8 Å². The molecule has 1 amide bonds. The van der Waals surface area contributed by atoms with Crippen LogP contribution in [0.1, 0.15) is 43.0 Å². The predicted molar refractivity (Wildman–Crippen MR) is 108 cm³/mol. The van der Waals surface area contributed by atoms with Crippen LogP contribution >= 0.6 is 0 Å². The number of rotatable bonds is 7. The fraction of sp³-hybridized carbons (Fsp3) is 0.600. The van der Waals surface area contributed by atoms with Gasteiger partial charge in [-0.3, -0.25) is 4.79 Å². The number of nitrogens with zero attached hydrogens (tertiary/aromatic N) is 2. The minimum atomic E-state index is -3.81. The molecule has 0 aromatic heterocycles. The number of esters is 1. The number of likely N-dealkylation sites (N-methyl/N-ethyl adjacent to an activating group) is 1. The van der Waals surface area contributed by atoms with Crippen molar-refractivity contribution in [2.45, 2.75) is 43.5 Å².